The molecule has 2 aliphatic rings. The molecule has 1 aromatic carbocycles. The van der Waals surface area contributed by atoms with Crippen molar-refractivity contribution in [2.24, 2.45) is 0 Å². The van der Waals surface area contributed by atoms with Crippen LogP contribution in [0.3, 0.4) is 0 Å². The van der Waals surface area contributed by atoms with E-state index in [9.17, 15) is 4.79 Å². The van der Waals surface area contributed by atoms with E-state index in [1.54, 1.807) is 4.90 Å². The average molecular weight is 457 g/mol. The number of nitrogens with zero attached hydrogens (tertiary/aromatic N) is 7. The number of fused-ring (bicyclic) bond motifs is 2. The van der Waals surface area contributed by atoms with E-state index in [-0.39, 0.29) is 18.5 Å². The van der Waals surface area contributed by atoms with Gasteiger partial charge in [0.1, 0.15) is 11.0 Å². The molecule has 1 atom stereocenters. The van der Waals surface area contributed by atoms with Crippen LogP contribution in [0.25, 0.3) is 21.9 Å². The summed E-state index contributed by atoms with van der Waals surface area (Å²) in [6.07, 6.45) is 7.20. The predicted octanol–water partition coefficient (Wildman–Crippen LogP) is 3.55. The second-order valence-corrected chi connectivity index (χ2v) is 9.34. The van der Waals surface area contributed by atoms with E-state index in [1.165, 1.54) is 6.42 Å². The van der Waals surface area contributed by atoms with Crippen molar-refractivity contribution in [2.45, 2.75) is 38.3 Å². The molecular weight excluding hydrogens is 428 g/mol. The monoisotopic (exact) mass is 456 g/mol. The van der Waals surface area contributed by atoms with Crippen LogP contribution in [0.15, 0.2) is 42.7 Å². The molecule has 0 bridgehead atoms. The Balaban J connectivity index is 1.39. The van der Waals surface area contributed by atoms with E-state index in [2.05, 4.69) is 39.1 Å². The molecule has 2 fully saturated rings. The summed E-state index contributed by atoms with van der Waals surface area (Å²) in [6, 6.07) is 10.7. The van der Waals surface area contributed by atoms with E-state index in [0.717, 1.165) is 46.2 Å². The zero-order valence-electron chi connectivity index (χ0n) is 19.5. The van der Waals surface area contributed by atoms with E-state index < -0.39 is 0 Å². The second-order valence-electron chi connectivity index (χ2n) is 9.34. The van der Waals surface area contributed by atoms with Crippen molar-refractivity contribution < 1.29 is 4.79 Å². The van der Waals surface area contributed by atoms with Gasteiger partial charge in [0.25, 0.3) is 0 Å². The molecule has 1 saturated heterocycles. The number of aromatic nitrogens is 5. The van der Waals surface area contributed by atoms with Gasteiger partial charge in [0.15, 0.2) is 5.82 Å². The van der Waals surface area contributed by atoms with Crippen LogP contribution in [-0.2, 0) is 4.79 Å². The van der Waals surface area contributed by atoms with Gasteiger partial charge in [0.05, 0.1) is 30.3 Å². The Hall–Kier alpha value is -3.75. The summed E-state index contributed by atoms with van der Waals surface area (Å²) in [4.78, 5) is 30.4. The lowest BCUT2D eigenvalue weighted by Crippen LogP contribution is -2.49. The highest BCUT2D eigenvalue weighted by Crippen LogP contribution is 2.36. The Morgan fingerprint density at radius 1 is 1.09 bits per heavy atom. The van der Waals surface area contributed by atoms with Gasteiger partial charge in [-0.05, 0) is 43.9 Å². The van der Waals surface area contributed by atoms with Crippen molar-refractivity contribution in [3.8, 4) is 0 Å². The standard InChI is InChI=1S/C25H28N8O/c1-16(18-12-17-6-3-4-9-20(17)26-13-18)28-24-23-21(14-27-33(23)19-7-5-8-19)29-25(30-24)32-11-10-31(2)22(34)15-32/h3-4,6,9,12-14,16,19H,5,7-8,10-11,15H2,1-2H3,(H,28,29,30)/t16-/m1/s1. The van der Waals surface area contributed by atoms with Crippen LogP contribution in [0.5, 0.6) is 0 Å². The third kappa shape index (κ3) is 3.61. The Labute approximate surface area is 197 Å². The summed E-state index contributed by atoms with van der Waals surface area (Å²) in [7, 11) is 1.83. The lowest BCUT2D eigenvalue weighted by Gasteiger charge is -2.32. The van der Waals surface area contributed by atoms with Crippen LogP contribution in [0, 0.1) is 0 Å². The minimum absolute atomic E-state index is 0.0260. The van der Waals surface area contributed by atoms with Crippen molar-refractivity contribution in [2.75, 3.05) is 36.9 Å². The number of benzene rings is 1. The van der Waals surface area contributed by atoms with Crippen molar-refractivity contribution in [3.63, 3.8) is 0 Å². The number of nitrogens with one attached hydrogen (secondary N) is 1. The molecule has 34 heavy (non-hydrogen) atoms. The first kappa shape index (κ1) is 20.8. The number of amides is 1. The fraction of sp³-hybridized carbons (Fsp3) is 0.400. The van der Waals surface area contributed by atoms with E-state index >= 15 is 0 Å². The summed E-state index contributed by atoms with van der Waals surface area (Å²) in [5.74, 6) is 1.38. The number of anilines is 2. The Kier molecular flexibility index (Phi) is 5.04. The molecule has 4 heterocycles. The van der Waals surface area contributed by atoms with Gasteiger partial charge >= 0.3 is 0 Å². The largest absolute Gasteiger partial charge is 0.362 e. The van der Waals surface area contributed by atoms with Crippen molar-refractivity contribution in [3.05, 3.63) is 48.3 Å². The number of likely N-dealkylation sites (N-methyl/N-ethyl adjacent to an activating group) is 1. The Morgan fingerprint density at radius 3 is 2.74 bits per heavy atom. The quantitative estimate of drug-likeness (QED) is 0.491. The summed E-state index contributed by atoms with van der Waals surface area (Å²) in [5, 5.41) is 9.41. The minimum Gasteiger partial charge on any atom is -0.362 e. The molecule has 3 aromatic heterocycles. The normalized spacial score (nSPS) is 17.9. The third-order valence-electron chi connectivity index (χ3n) is 7.06. The molecular formula is C25H28N8O. The SMILES string of the molecule is C[C@@H](Nc1nc(N2CCN(C)C(=O)C2)nc2cnn(C3CCC3)c12)c1cnc2ccccc2c1. The number of rotatable bonds is 5. The van der Waals surface area contributed by atoms with E-state index in [4.69, 9.17) is 9.97 Å². The third-order valence-corrected chi connectivity index (χ3v) is 7.06. The Morgan fingerprint density at radius 2 is 1.94 bits per heavy atom. The molecule has 1 saturated carbocycles. The number of pyridine rings is 1. The number of para-hydroxylation sites is 1. The van der Waals surface area contributed by atoms with Crippen LogP contribution in [-0.4, -0.2) is 62.2 Å². The molecule has 0 spiro atoms. The Bertz CT molecular complexity index is 1380. The topological polar surface area (TPSA) is 92.1 Å². The van der Waals surface area contributed by atoms with Crippen molar-refractivity contribution in [1.82, 2.24) is 29.6 Å². The summed E-state index contributed by atoms with van der Waals surface area (Å²) >= 11 is 0. The number of hydrogen-bond donors (Lipinski definition) is 1. The maximum Gasteiger partial charge on any atom is 0.242 e. The number of carbonyl (C=O) groups excluding carboxylic acids is 1. The van der Waals surface area contributed by atoms with Gasteiger partial charge in [0.2, 0.25) is 11.9 Å². The van der Waals surface area contributed by atoms with Crippen molar-refractivity contribution in [1.29, 1.82) is 0 Å². The summed E-state index contributed by atoms with van der Waals surface area (Å²) in [6.45, 7) is 3.75. The maximum absolute atomic E-state index is 12.3. The zero-order chi connectivity index (χ0) is 23.2. The van der Waals surface area contributed by atoms with Crippen LogP contribution in [0.4, 0.5) is 11.8 Å². The molecule has 1 N–H and O–H groups in total. The van der Waals surface area contributed by atoms with Crippen LogP contribution < -0.4 is 10.2 Å². The molecule has 1 aliphatic carbocycles. The first-order valence-corrected chi connectivity index (χ1v) is 11.9. The van der Waals surface area contributed by atoms with Crippen LogP contribution in [0.1, 0.15) is 43.8 Å². The lowest BCUT2D eigenvalue weighted by molar-refractivity contribution is -0.129. The molecule has 6 rings (SSSR count). The summed E-state index contributed by atoms with van der Waals surface area (Å²) in [5.41, 5.74) is 3.79. The smallest absolute Gasteiger partial charge is 0.242 e. The van der Waals surface area contributed by atoms with E-state index in [0.29, 0.717) is 25.1 Å². The molecule has 174 valence electrons. The molecule has 9 nitrogen and oxygen atoms in total. The predicted molar refractivity (Wildman–Crippen MR) is 132 cm³/mol. The summed E-state index contributed by atoms with van der Waals surface area (Å²) < 4.78 is 2.07. The van der Waals surface area contributed by atoms with Gasteiger partial charge in [0, 0.05) is 31.7 Å². The minimum atomic E-state index is -0.0260. The van der Waals surface area contributed by atoms with Crippen LogP contribution in [0.2, 0.25) is 0 Å². The van der Waals surface area contributed by atoms with E-state index in [1.807, 2.05) is 42.5 Å². The van der Waals surface area contributed by atoms with Crippen LogP contribution >= 0.6 is 0 Å². The first-order chi connectivity index (χ1) is 16.6. The van der Waals surface area contributed by atoms with Gasteiger partial charge in [-0.25, -0.2) is 4.98 Å². The lowest BCUT2D eigenvalue weighted by atomic mass is 9.93. The first-order valence-electron chi connectivity index (χ1n) is 11.9. The number of carbonyl (C=O) groups is 1. The average Bonchev–Trinajstić information content (AvgIpc) is 3.23. The molecule has 0 radical (unpaired) electrons. The molecule has 1 amide bonds. The molecule has 9 heteroatoms. The zero-order valence-corrected chi connectivity index (χ0v) is 19.5. The fourth-order valence-corrected chi connectivity index (χ4v) is 4.64. The van der Waals surface area contributed by atoms with Gasteiger partial charge in [-0.15, -0.1) is 0 Å². The van der Waals surface area contributed by atoms with Gasteiger partial charge in [-0.1, -0.05) is 18.2 Å². The molecule has 4 aromatic rings. The number of piperazine rings is 1. The highest BCUT2D eigenvalue weighted by molar-refractivity contribution is 5.88. The van der Waals surface area contributed by atoms with Crippen molar-refractivity contribution >= 4 is 39.6 Å². The fourth-order valence-electron chi connectivity index (χ4n) is 4.64. The molecule has 0 unspecified atom stereocenters. The van der Waals surface area contributed by atoms with Gasteiger partial charge < -0.3 is 15.1 Å². The van der Waals surface area contributed by atoms with Gasteiger partial charge in [-0.3, -0.25) is 14.5 Å². The highest BCUT2D eigenvalue weighted by Gasteiger charge is 2.28. The molecule has 1 aliphatic heterocycles. The van der Waals surface area contributed by atoms with Gasteiger partial charge in [-0.2, -0.15) is 10.1 Å². The second kappa shape index (κ2) is 8.23. The maximum atomic E-state index is 12.3. The number of hydrogen-bond acceptors (Lipinski definition) is 7. The highest BCUT2D eigenvalue weighted by atomic mass is 16.2.